The maximum Gasteiger partial charge on any atom is 0.264 e. The Bertz CT molecular complexity index is 383. The van der Waals surface area contributed by atoms with Crippen LogP contribution >= 0.6 is 0 Å². The van der Waals surface area contributed by atoms with Gasteiger partial charge in [0.25, 0.3) is 20.2 Å². The molecule has 0 aliphatic carbocycles. The van der Waals surface area contributed by atoms with E-state index in [1.165, 1.54) is 0 Å². The fraction of sp³-hybridized carbons (Fsp3) is 1.00. The second-order valence-corrected chi connectivity index (χ2v) is 7.63. The first kappa shape index (κ1) is 17.8. The Labute approximate surface area is 109 Å². The highest BCUT2D eigenvalue weighted by Crippen LogP contribution is 2.26. The molecule has 0 aliphatic heterocycles. The van der Waals surface area contributed by atoms with Crippen LogP contribution in [0.5, 0.6) is 0 Å². The van der Waals surface area contributed by atoms with Crippen molar-refractivity contribution in [3.8, 4) is 0 Å². The van der Waals surface area contributed by atoms with Crippen molar-refractivity contribution < 1.29 is 25.9 Å². The average molecular weight is 302 g/mol. The van der Waals surface area contributed by atoms with E-state index in [-0.39, 0.29) is 23.3 Å². The molecule has 0 spiro atoms. The summed E-state index contributed by atoms with van der Waals surface area (Å²) in [7, 11) is -7.96. The minimum atomic E-state index is -3.98. The Morgan fingerprint density at radius 2 is 1.06 bits per heavy atom. The molecular weight excluding hydrogens is 280 g/mol. The summed E-state index contributed by atoms with van der Waals surface area (Å²) in [6.45, 7) is 3.79. The van der Waals surface area contributed by atoms with Gasteiger partial charge in [-0.1, -0.05) is 26.7 Å². The van der Waals surface area contributed by atoms with Gasteiger partial charge in [-0.15, -0.1) is 0 Å². The number of rotatable bonds is 9. The van der Waals surface area contributed by atoms with Crippen molar-refractivity contribution >= 4 is 20.2 Å². The smallest absolute Gasteiger partial charge is 0.264 e. The molecule has 2 N–H and O–H groups in total. The van der Waals surface area contributed by atoms with Gasteiger partial charge in [-0.05, 0) is 24.7 Å². The molecule has 0 rings (SSSR count). The molecule has 110 valence electrons. The third-order valence-electron chi connectivity index (χ3n) is 3.21. The molecule has 0 aromatic heterocycles. The standard InChI is InChI=1S/C10H22O6S2/c1-3-9(5-7-17(11,12)13)10(4-2)6-8-18(14,15)16/h9-10H,3-8H2,1-2H3,(H,11,12,13)(H,14,15,16). The van der Waals surface area contributed by atoms with Gasteiger partial charge in [0.2, 0.25) is 0 Å². The molecule has 2 atom stereocenters. The number of hydrogen-bond acceptors (Lipinski definition) is 4. The van der Waals surface area contributed by atoms with E-state index in [0.29, 0.717) is 25.7 Å². The zero-order valence-electron chi connectivity index (χ0n) is 10.7. The van der Waals surface area contributed by atoms with Gasteiger partial charge in [0.15, 0.2) is 0 Å². The molecule has 8 heteroatoms. The molecule has 0 saturated heterocycles. The zero-order valence-corrected chi connectivity index (χ0v) is 12.4. The molecule has 0 fully saturated rings. The van der Waals surface area contributed by atoms with E-state index in [1.807, 2.05) is 13.8 Å². The average Bonchev–Trinajstić information content (AvgIpc) is 2.20. The maximum atomic E-state index is 10.7. The van der Waals surface area contributed by atoms with Gasteiger partial charge in [-0.3, -0.25) is 9.11 Å². The predicted octanol–water partition coefficient (Wildman–Crippen LogP) is 1.59. The van der Waals surface area contributed by atoms with Crippen LogP contribution in [0.4, 0.5) is 0 Å². The summed E-state index contributed by atoms with van der Waals surface area (Å²) in [6.07, 6.45) is 2.03. The van der Waals surface area contributed by atoms with Gasteiger partial charge in [0.05, 0.1) is 11.5 Å². The summed E-state index contributed by atoms with van der Waals surface area (Å²) in [5, 5.41) is 0. The highest BCUT2D eigenvalue weighted by Gasteiger charge is 2.22. The van der Waals surface area contributed by atoms with Gasteiger partial charge < -0.3 is 0 Å². The van der Waals surface area contributed by atoms with E-state index >= 15 is 0 Å². The highest BCUT2D eigenvalue weighted by molar-refractivity contribution is 7.86. The van der Waals surface area contributed by atoms with Crippen molar-refractivity contribution in [2.24, 2.45) is 11.8 Å². The van der Waals surface area contributed by atoms with Crippen molar-refractivity contribution in [3.05, 3.63) is 0 Å². The van der Waals surface area contributed by atoms with E-state index in [9.17, 15) is 16.8 Å². The summed E-state index contributed by atoms with van der Waals surface area (Å²) in [4.78, 5) is 0. The van der Waals surface area contributed by atoms with E-state index < -0.39 is 20.2 Å². The van der Waals surface area contributed by atoms with Crippen LogP contribution in [0.25, 0.3) is 0 Å². The van der Waals surface area contributed by atoms with Crippen LogP contribution < -0.4 is 0 Å². The van der Waals surface area contributed by atoms with Crippen LogP contribution in [0.15, 0.2) is 0 Å². The predicted molar refractivity (Wildman–Crippen MR) is 69.6 cm³/mol. The Hall–Kier alpha value is -0.180. The third kappa shape index (κ3) is 8.84. The molecule has 18 heavy (non-hydrogen) atoms. The van der Waals surface area contributed by atoms with Gasteiger partial charge in [0, 0.05) is 0 Å². The second kappa shape index (κ2) is 7.42. The maximum absolute atomic E-state index is 10.7. The minimum absolute atomic E-state index is 0.0266. The van der Waals surface area contributed by atoms with Crippen molar-refractivity contribution in [3.63, 3.8) is 0 Å². The van der Waals surface area contributed by atoms with E-state index in [1.54, 1.807) is 0 Å². The molecule has 2 unspecified atom stereocenters. The fourth-order valence-corrected chi connectivity index (χ4v) is 3.35. The Kier molecular flexibility index (Phi) is 7.34. The Balaban J connectivity index is 4.48. The quantitative estimate of drug-likeness (QED) is 0.626. The topological polar surface area (TPSA) is 109 Å². The van der Waals surface area contributed by atoms with Crippen LogP contribution in [0.2, 0.25) is 0 Å². The first-order valence-corrected chi connectivity index (χ1v) is 9.21. The van der Waals surface area contributed by atoms with E-state index in [2.05, 4.69) is 0 Å². The largest absolute Gasteiger partial charge is 0.286 e. The molecule has 0 aromatic rings. The minimum Gasteiger partial charge on any atom is -0.286 e. The first-order chi connectivity index (χ1) is 8.09. The summed E-state index contributed by atoms with van der Waals surface area (Å²) in [5.74, 6) is -0.570. The van der Waals surface area contributed by atoms with Crippen LogP contribution in [-0.2, 0) is 20.2 Å². The van der Waals surface area contributed by atoms with E-state index in [4.69, 9.17) is 9.11 Å². The SMILES string of the molecule is CCC(CCS(=O)(=O)O)C(CC)CCS(=O)(=O)O. The second-order valence-electron chi connectivity index (χ2n) is 4.49. The third-order valence-corrected chi connectivity index (χ3v) is 4.71. The van der Waals surface area contributed by atoms with Crippen LogP contribution in [0, 0.1) is 11.8 Å². The normalized spacial score (nSPS) is 16.4. The van der Waals surface area contributed by atoms with Gasteiger partial charge in [-0.2, -0.15) is 16.8 Å². The molecule has 0 heterocycles. The van der Waals surface area contributed by atoms with Crippen molar-refractivity contribution in [2.75, 3.05) is 11.5 Å². The zero-order chi connectivity index (χ0) is 14.4. The van der Waals surface area contributed by atoms with E-state index in [0.717, 1.165) is 0 Å². The molecule has 6 nitrogen and oxygen atoms in total. The molecular formula is C10H22O6S2. The summed E-state index contributed by atoms with van der Waals surface area (Å²) in [6, 6.07) is 0. The van der Waals surface area contributed by atoms with Crippen molar-refractivity contribution in [1.82, 2.24) is 0 Å². The van der Waals surface area contributed by atoms with Crippen molar-refractivity contribution in [2.45, 2.75) is 39.5 Å². The van der Waals surface area contributed by atoms with Gasteiger partial charge in [0.1, 0.15) is 0 Å². The molecule has 0 aliphatic rings. The lowest BCUT2D eigenvalue weighted by Gasteiger charge is -2.24. The van der Waals surface area contributed by atoms with Crippen LogP contribution in [0.1, 0.15) is 39.5 Å². The van der Waals surface area contributed by atoms with Gasteiger partial charge >= 0.3 is 0 Å². The number of hydrogen-bond donors (Lipinski definition) is 2. The lowest BCUT2D eigenvalue weighted by atomic mass is 9.84. The molecule has 0 bridgehead atoms. The summed E-state index contributed by atoms with van der Waals surface area (Å²) >= 11 is 0. The summed E-state index contributed by atoms with van der Waals surface area (Å²) < 4.78 is 60.2. The lowest BCUT2D eigenvalue weighted by molar-refractivity contribution is 0.293. The molecule has 0 saturated carbocycles. The Morgan fingerprint density at radius 3 is 1.22 bits per heavy atom. The fourth-order valence-electron chi connectivity index (χ4n) is 2.15. The first-order valence-electron chi connectivity index (χ1n) is 5.99. The van der Waals surface area contributed by atoms with Crippen molar-refractivity contribution in [1.29, 1.82) is 0 Å². The molecule has 0 aromatic carbocycles. The monoisotopic (exact) mass is 302 g/mol. The molecule has 0 radical (unpaired) electrons. The van der Waals surface area contributed by atoms with Crippen LogP contribution in [-0.4, -0.2) is 37.4 Å². The lowest BCUT2D eigenvalue weighted by Crippen LogP contribution is -2.20. The Morgan fingerprint density at radius 1 is 0.778 bits per heavy atom. The van der Waals surface area contributed by atoms with Crippen LogP contribution in [0.3, 0.4) is 0 Å². The highest BCUT2D eigenvalue weighted by atomic mass is 32.2. The van der Waals surface area contributed by atoms with Gasteiger partial charge in [-0.25, -0.2) is 0 Å². The summed E-state index contributed by atoms with van der Waals surface area (Å²) in [5.41, 5.74) is 0. The molecule has 0 amide bonds.